The molecule has 5 heteroatoms. The minimum atomic E-state index is 0.391. The van der Waals surface area contributed by atoms with Gasteiger partial charge in [-0.05, 0) is 28.5 Å². The Labute approximate surface area is 161 Å². The van der Waals surface area contributed by atoms with Crippen LogP contribution in [0.5, 0.6) is 0 Å². The maximum absolute atomic E-state index is 9.58. The van der Waals surface area contributed by atoms with E-state index in [-0.39, 0.29) is 0 Å². The summed E-state index contributed by atoms with van der Waals surface area (Å²) in [5.41, 5.74) is 3.17. The summed E-state index contributed by atoms with van der Waals surface area (Å²) in [6.45, 7) is 0. The number of benzene rings is 3. The number of hydrogen-bond acceptors (Lipinski definition) is 3. The molecule has 0 aliphatic rings. The molecule has 0 saturated carbocycles. The molecule has 0 aliphatic heterocycles. The van der Waals surface area contributed by atoms with Crippen molar-refractivity contribution in [3.8, 4) is 6.07 Å². The van der Waals surface area contributed by atoms with E-state index < -0.39 is 0 Å². The standard InChI is InChI=1S/C22H15ClN4/c23-18-9-3-5-15(11-18)12-21-20(13-24)22(27-26-21)25-14-17-8-4-7-16-6-1-2-10-19(16)17/h1-11,14H,12H2,(H,26,27). The Hall–Kier alpha value is -3.42. The Bertz CT molecular complexity index is 1180. The van der Waals surface area contributed by atoms with Crippen LogP contribution in [0.3, 0.4) is 0 Å². The van der Waals surface area contributed by atoms with E-state index >= 15 is 0 Å². The van der Waals surface area contributed by atoms with Gasteiger partial charge in [-0.1, -0.05) is 66.2 Å². The van der Waals surface area contributed by atoms with Crippen molar-refractivity contribution in [1.82, 2.24) is 10.2 Å². The number of nitrogens with one attached hydrogen (secondary N) is 1. The fourth-order valence-electron chi connectivity index (χ4n) is 3.05. The summed E-state index contributed by atoms with van der Waals surface area (Å²) in [7, 11) is 0. The minimum absolute atomic E-state index is 0.391. The highest BCUT2D eigenvalue weighted by molar-refractivity contribution is 6.30. The first-order chi connectivity index (χ1) is 13.2. The van der Waals surface area contributed by atoms with Gasteiger partial charge in [0.15, 0.2) is 5.82 Å². The number of fused-ring (bicyclic) bond motifs is 1. The number of aromatic amines is 1. The van der Waals surface area contributed by atoms with Crippen molar-refractivity contribution in [3.05, 3.63) is 94.1 Å². The fraction of sp³-hybridized carbons (Fsp3) is 0.0455. The van der Waals surface area contributed by atoms with E-state index in [2.05, 4.69) is 39.5 Å². The maximum atomic E-state index is 9.58. The molecule has 0 bridgehead atoms. The van der Waals surface area contributed by atoms with Gasteiger partial charge >= 0.3 is 0 Å². The topological polar surface area (TPSA) is 64.8 Å². The van der Waals surface area contributed by atoms with E-state index in [9.17, 15) is 5.26 Å². The zero-order valence-electron chi connectivity index (χ0n) is 14.4. The molecule has 0 unspecified atom stereocenters. The molecule has 0 atom stereocenters. The number of halogens is 1. The van der Waals surface area contributed by atoms with Gasteiger partial charge in [-0.2, -0.15) is 10.4 Å². The first kappa shape index (κ1) is 17.0. The average Bonchev–Trinajstić information content (AvgIpc) is 3.07. The predicted octanol–water partition coefficient (Wildman–Crippen LogP) is 5.43. The first-order valence-corrected chi connectivity index (χ1v) is 8.86. The van der Waals surface area contributed by atoms with E-state index in [1.165, 1.54) is 0 Å². The van der Waals surface area contributed by atoms with Gasteiger partial charge in [-0.15, -0.1) is 0 Å². The third kappa shape index (κ3) is 3.59. The Balaban J connectivity index is 1.66. The van der Waals surface area contributed by atoms with Gasteiger partial charge in [0.25, 0.3) is 0 Å². The second-order valence-corrected chi connectivity index (χ2v) is 6.58. The van der Waals surface area contributed by atoms with Crippen LogP contribution in [-0.2, 0) is 6.42 Å². The molecular weight excluding hydrogens is 356 g/mol. The summed E-state index contributed by atoms with van der Waals surface area (Å²) in [5.74, 6) is 0.391. The van der Waals surface area contributed by atoms with Crippen molar-refractivity contribution in [2.75, 3.05) is 0 Å². The van der Waals surface area contributed by atoms with Gasteiger partial charge in [0.05, 0.1) is 5.69 Å². The van der Waals surface area contributed by atoms with Crippen LogP contribution in [0.15, 0.2) is 71.7 Å². The molecule has 1 aromatic heterocycles. The monoisotopic (exact) mass is 370 g/mol. The molecule has 0 spiro atoms. The van der Waals surface area contributed by atoms with Gasteiger partial charge in [0, 0.05) is 23.2 Å². The molecule has 4 rings (SSSR count). The van der Waals surface area contributed by atoms with Gasteiger partial charge in [0.2, 0.25) is 0 Å². The van der Waals surface area contributed by atoms with Crippen LogP contribution in [0.2, 0.25) is 5.02 Å². The quantitative estimate of drug-likeness (QED) is 0.487. The van der Waals surface area contributed by atoms with E-state index in [1.807, 2.05) is 48.5 Å². The van der Waals surface area contributed by atoms with Crippen LogP contribution in [0.4, 0.5) is 5.82 Å². The summed E-state index contributed by atoms with van der Waals surface area (Å²) in [5, 5.41) is 19.7. The highest BCUT2D eigenvalue weighted by atomic mass is 35.5. The highest BCUT2D eigenvalue weighted by Gasteiger charge is 2.13. The van der Waals surface area contributed by atoms with Crippen molar-refractivity contribution in [2.45, 2.75) is 6.42 Å². The van der Waals surface area contributed by atoms with E-state index in [0.717, 1.165) is 27.6 Å². The molecule has 0 fully saturated rings. The molecule has 1 heterocycles. The molecule has 4 nitrogen and oxygen atoms in total. The van der Waals surface area contributed by atoms with Crippen molar-refractivity contribution < 1.29 is 0 Å². The van der Waals surface area contributed by atoms with E-state index in [0.29, 0.717) is 22.8 Å². The SMILES string of the molecule is N#Cc1c(N=Cc2cccc3ccccc23)n[nH]c1Cc1cccc(Cl)c1. The smallest absolute Gasteiger partial charge is 0.191 e. The summed E-state index contributed by atoms with van der Waals surface area (Å²) < 4.78 is 0. The van der Waals surface area contributed by atoms with Crippen LogP contribution < -0.4 is 0 Å². The molecular formula is C22H15ClN4. The van der Waals surface area contributed by atoms with Crippen LogP contribution in [-0.4, -0.2) is 16.4 Å². The molecule has 27 heavy (non-hydrogen) atoms. The minimum Gasteiger partial charge on any atom is -0.279 e. The lowest BCUT2D eigenvalue weighted by molar-refractivity contribution is 0.993. The number of rotatable bonds is 4. The summed E-state index contributed by atoms with van der Waals surface area (Å²) in [4.78, 5) is 4.46. The normalized spacial score (nSPS) is 11.1. The molecule has 1 N–H and O–H groups in total. The second-order valence-electron chi connectivity index (χ2n) is 6.15. The van der Waals surface area contributed by atoms with E-state index in [1.54, 1.807) is 6.21 Å². The Kier molecular flexibility index (Phi) is 4.69. The van der Waals surface area contributed by atoms with Crippen LogP contribution in [0, 0.1) is 11.3 Å². The highest BCUT2D eigenvalue weighted by Crippen LogP contribution is 2.23. The van der Waals surface area contributed by atoms with Crippen molar-refractivity contribution in [3.63, 3.8) is 0 Å². The number of aromatic nitrogens is 2. The average molecular weight is 371 g/mol. The van der Waals surface area contributed by atoms with Crippen molar-refractivity contribution in [1.29, 1.82) is 5.26 Å². The third-order valence-corrected chi connectivity index (χ3v) is 4.59. The Morgan fingerprint density at radius 3 is 2.74 bits per heavy atom. The van der Waals surface area contributed by atoms with Crippen molar-refractivity contribution in [2.24, 2.45) is 4.99 Å². The lowest BCUT2D eigenvalue weighted by Crippen LogP contribution is -1.91. The molecule has 0 aliphatic carbocycles. The number of aliphatic imine (C=N–C) groups is 1. The molecule has 3 aromatic carbocycles. The van der Waals surface area contributed by atoms with Crippen LogP contribution >= 0.6 is 11.6 Å². The van der Waals surface area contributed by atoms with Crippen molar-refractivity contribution >= 4 is 34.4 Å². The Morgan fingerprint density at radius 2 is 1.89 bits per heavy atom. The third-order valence-electron chi connectivity index (χ3n) is 4.35. The zero-order valence-corrected chi connectivity index (χ0v) is 15.1. The number of hydrogen-bond donors (Lipinski definition) is 1. The van der Waals surface area contributed by atoms with Gasteiger partial charge < -0.3 is 0 Å². The van der Waals surface area contributed by atoms with Gasteiger partial charge in [-0.25, -0.2) is 4.99 Å². The lowest BCUT2D eigenvalue weighted by atomic mass is 10.1. The summed E-state index contributed by atoms with van der Waals surface area (Å²) >= 11 is 6.04. The molecule has 130 valence electrons. The number of H-pyrrole nitrogens is 1. The molecule has 0 radical (unpaired) electrons. The lowest BCUT2D eigenvalue weighted by Gasteiger charge is -2.01. The van der Waals surface area contributed by atoms with E-state index in [4.69, 9.17) is 11.6 Å². The Morgan fingerprint density at radius 1 is 1.07 bits per heavy atom. The van der Waals surface area contributed by atoms with Gasteiger partial charge in [-0.3, -0.25) is 5.10 Å². The number of nitrogens with zero attached hydrogens (tertiary/aromatic N) is 3. The summed E-state index contributed by atoms with van der Waals surface area (Å²) in [6.07, 6.45) is 2.29. The second kappa shape index (κ2) is 7.45. The maximum Gasteiger partial charge on any atom is 0.191 e. The molecule has 0 saturated heterocycles. The largest absolute Gasteiger partial charge is 0.279 e. The fourth-order valence-corrected chi connectivity index (χ4v) is 3.26. The first-order valence-electron chi connectivity index (χ1n) is 8.48. The molecule has 0 amide bonds. The van der Waals surface area contributed by atoms with Crippen LogP contribution in [0.1, 0.15) is 22.4 Å². The van der Waals surface area contributed by atoms with Gasteiger partial charge in [0.1, 0.15) is 11.6 Å². The number of nitriles is 1. The molecule has 4 aromatic rings. The zero-order chi connectivity index (χ0) is 18.6. The summed E-state index contributed by atoms with van der Waals surface area (Å²) in [6, 6.07) is 23.9. The van der Waals surface area contributed by atoms with Crippen LogP contribution in [0.25, 0.3) is 10.8 Å². The predicted molar refractivity (Wildman–Crippen MR) is 109 cm³/mol.